The molecule has 1 aliphatic carbocycles. The van der Waals surface area contributed by atoms with Gasteiger partial charge < -0.3 is 4.90 Å². The van der Waals surface area contributed by atoms with Crippen LogP contribution in [0.25, 0.3) is 0 Å². The van der Waals surface area contributed by atoms with Crippen LogP contribution >= 0.6 is 0 Å². The first-order chi connectivity index (χ1) is 11.0. The highest BCUT2D eigenvalue weighted by Crippen LogP contribution is 2.54. The van der Waals surface area contributed by atoms with Gasteiger partial charge in [0, 0.05) is 6.54 Å². The predicted molar refractivity (Wildman–Crippen MR) is 103 cm³/mol. The van der Waals surface area contributed by atoms with Gasteiger partial charge in [0.2, 0.25) is 0 Å². The fourth-order valence-corrected chi connectivity index (χ4v) is 5.01. The second-order valence-corrected chi connectivity index (χ2v) is 9.50. The zero-order valence-corrected chi connectivity index (χ0v) is 16.6. The summed E-state index contributed by atoms with van der Waals surface area (Å²) in [6.07, 6.45) is 16.2. The number of hydrogen-bond donors (Lipinski definition) is 0. The first kappa shape index (κ1) is 19.3. The molecule has 1 nitrogen and oxygen atoms in total. The van der Waals surface area contributed by atoms with Crippen LogP contribution in [-0.4, -0.2) is 24.5 Å². The van der Waals surface area contributed by atoms with E-state index in [2.05, 4.69) is 32.6 Å². The van der Waals surface area contributed by atoms with Crippen LogP contribution in [0.2, 0.25) is 0 Å². The maximum atomic E-state index is 2.77. The third-order valence-electron chi connectivity index (χ3n) is 6.63. The molecular weight excluding hydrogens is 278 g/mol. The highest BCUT2D eigenvalue weighted by Gasteiger charge is 2.45. The molecule has 0 amide bonds. The second-order valence-electron chi connectivity index (χ2n) is 9.50. The van der Waals surface area contributed by atoms with E-state index < -0.39 is 0 Å². The molecule has 0 bridgehead atoms. The Hall–Kier alpha value is -0.0400. The molecule has 1 saturated carbocycles. The molecule has 1 heteroatoms. The normalized spacial score (nSPS) is 23.3. The highest BCUT2D eigenvalue weighted by atomic mass is 15.1. The van der Waals surface area contributed by atoms with Crippen molar-refractivity contribution in [1.82, 2.24) is 4.90 Å². The van der Waals surface area contributed by atoms with Gasteiger partial charge in [0.25, 0.3) is 0 Å². The minimum atomic E-state index is 0.780. The van der Waals surface area contributed by atoms with Crippen LogP contribution in [-0.2, 0) is 0 Å². The molecule has 0 aromatic rings. The number of hydrogen-bond acceptors (Lipinski definition) is 1. The Bertz CT molecular complexity index is 306. The van der Waals surface area contributed by atoms with Crippen molar-refractivity contribution in [3.63, 3.8) is 0 Å². The van der Waals surface area contributed by atoms with E-state index in [-0.39, 0.29) is 0 Å². The van der Waals surface area contributed by atoms with E-state index in [1.807, 2.05) is 0 Å². The maximum Gasteiger partial charge on any atom is 0.000703 e. The summed E-state index contributed by atoms with van der Waals surface area (Å²) in [5, 5.41) is 0. The predicted octanol–water partition coefficient (Wildman–Crippen LogP) is 6.52. The van der Waals surface area contributed by atoms with Crippen molar-refractivity contribution in [2.24, 2.45) is 23.2 Å². The van der Waals surface area contributed by atoms with E-state index in [0.717, 1.165) is 23.2 Å². The number of rotatable bonds is 10. The van der Waals surface area contributed by atoms with Gasteiger partial charge >= 0.3 is 0 Å². The fourth-order valence-electron chi connectivity index (χ4n) is 5.01. The summed E-state index contributed by atoms with van der Waals surface area (Å²) in [6, 6.07) is 0. The van der Waals surface area contributed by atoms with Gasteiger partial charge in [-0.25, -0.2) is 0 Å². The van der Waals surface area contributed by atoms with Gasteiger partial charge in [-0.05, 0) is 68.4 Å². The average Bonchev–Trinajstić information content (AvgIpc) is 2.49. The van der Waals surface area contributed by atoms with Crippen molar-refractivity contribution >= 4 is 0 Å². The molecule has 1 spiro atoms. The summed E-state index contributed by atoms with van der Waals surface area (Å²) in [6.45, 7) is 13.7. The third kappa shape index (κ3) is 6.40. The monoisotopic (exact) mass is 321 g/mol. The Kier molecular flexibility index (Phi) is 7.92. The number of nitrogens with zero attached hydrogens (tertiary/aromatic N) is 1. The second kappa shape index (κ2) is 9.44. The SMILES string of the molecule is CCCCCCC(C)CN1CCC2(CC1)CC(CCC(C)C)C2. The van der Waals surface area contributed by atoms with Crippen molar-refractivity contribution in [3.8, 4) is 0 Å². The third-order valence-corrected chi connectivity index (χ3v) is 6.63. The summed E-state index contributed by atoms with van der Waals surface area (Å²) in [5.74, 6) is 2.87. The van der Waals surface area contributed by atoms with Crippen LogP contribution in [0.5, 0.6) is 0 Å². The Morgan fingerprint density at radius 2 is 1.65 bits per heavy atom. The molecule has 2 rings (SSSR count). The van der Waals surface area contributed by atoms with Crippen LogP contribution in [0.3, 0.4) is 0 Å². The molecule has 1 atom stereocenters. The molecule has 0 radical (unpaired) electrons. The summed E-state index contributed by atoms with van der Waals surface area (Å²) < 4.78 is 0. The van der Waals surface area contributed by atoms with E-state index in [9.17, 15) is 0 Å². The zero-order chi connectivity index (χ0) is 16.7. The molecule has 136 valence electrons. The largest absolute Gasteiger partial charge is 0.303 e. The number of likely N-dealkylation sites (tertiary alicyclic amines) is 1. The van der Waals surface area contributed by atoms with Gasteiger partial charge in [-0.3, -0.25) is 0 Å². The number of piperidine rings is 1. The number of unbranched alkanes of at least 4 members (excludes halogenated alkanes) is 3. The Balaban J connectivity index is 1.56. The van der Waals surface area contributed by atoms with Gasteiger partial charge in [-0.15, -0.1) is 0 Å². The molecule has 0 N–H and O–H groups in total. The standard InChI is InChI=1S/C22H43N/c1-5-6-7-8-9-20(4)18-23-14-12-22(13-15-23)16-21(17-22)11-10-19(2)3/h19-21H,5-18H2,1-4H3. The van der Waals surface area contributed by atoms with E-state index in [0.29, 0.717) is 0 Å². The lowest BCUT2D eigenvalue weighted by Crippen LogP contribution is -2.47. The minimum Gasteiger partial charge on any atom is -0.303 e. The van der Waals surface area contributed by atoms with Crippen LogP contribution in [0.4, 0.5) is 0 Å². The molecule has 1 aliphatic heterocycles. The summed E-state index contributed by atoms with van der Waals surface area (Å²) >= 11 is 0. The summed E-state index contributed by atoms with van der Waals surface area (Å²) in [4.78, 5) is 2.77. The van der Waals surface area contributed by atoms with Crippen molar-refractivity contribution < 1.29 is 0 Å². The molecular formula is C22H43N. The molecule has 1 heterocycles. The highest BCUT2D eigenvalue weighted by molar-refractivity contribution is 4.97. The first-order valence-corrected chi connectivity index (χ1v) is 10.8. The molecule has 0 aromatic carbocycles. The van der Waals surface area contributed by atoms with Crippen molar-refractivity contribution in [2.45, 2.75) is 98.3 Å². The van der Waals surface area contributed by atoms with E-state index >= 15 is 0 Å². The van der Waals surface area contributed by atoms with E-state index in [4.69, 9.17) is 0 Å². The fraction of sp³-hybridized carbons (Fsp3) is 1.00. The molecule has 2 aliphatic rings. The maximum absolute atomic E-state index is 2.77. The first-order valence-electron chi connectivity index (χ1n) is 10.8. The summed E-state index contributed by atoms with van der Waals surface area (Å²) in [7, 11) is 0. The lowest BCUT2D eigenvalue weighted by atomic mass is 9.56. The van der Waals surface area contributed by atoms with Gasteiger partial charge in [-0.1, -0.05) is 66.2 Å². The lowest BCUT2D eigenvalue weighted by molar-refractivity contribution is -0.0206. The minimum absolute atomic E-state index is 0.780. The Labute approximate surface area is 146 Å². The van der Waals surface area contributed by atoms with E-state index in [1.54, 1.807) is 12.8 Å². The Morgan fingerprint density at radius 1 is 0.957 bits per heavy atom. The molecule has 23 heavy (non-hydrogen) atoms. The smallest absolute Gasteiger partial charge is 0.000703 e. The van der Waals surface area contributed by atoms with Crippen LogP contribution in [0, 0.1) is 23.2 Å². The Morgan fingerprint density at radius 3 is 2.26 bits per heavy atom. The quantitative estimate of drug-likeness (QED) is 0.414. The topological polar surface area (TPSA) is 3.24 Å². The molecule has 0 aromatic heterocycles. The average molecular weight is 322 g/mol. The van der Waals surface area contributed by atoms with Gasteiger partial charge in [0.15, 0.2) is 0 Å². The van der Waals surface area contributed by atoms with Crippen molar-refractivity contribution in [1.29, 1.82) is 0 Å². The molecule has 2 fully saturated rings. The van der Waals surface area contributed by atoms with Crippen LogP contribution < -0.4 is 0 Å². The van der Waals surface area contributed by atoms with Crippen LogP contribution in [0.1, 0.15) is 98.3 Å². The zero-order valence-electron chi connectivity index (χ0n) is 16.6. The van der Waals surface area contributed by atoms with Gasteiger partial charge in [-0.2, -0.15) is 0 Å². The summed E-state index contributed by atoms with van der Waals surface area (Å²) in [5.41, 5.74) is 0.780. The molecule has 1 unspecified atom stereocenters. The van der Waals surface area contributed by atoms with Crippen molar-refractivity contribution in [3.05, 3.63) is 0 Å². The molecule has 1 saturated heterocycles. The lowest BCUT2D eigenvalue weighted by Gasteiger charge is -2.53. The van der Waals surface area contributed by atoms with E-state index in [1.165, 1.54) is 77.4 Å². The van der Waals surface area contributed by atoms with Crippen molar-refractivity contribution in [2.75, 3.05) is 19.6 Å². The van der Waals surface area contributed by atoms with Crippen LogP contribution in [0.15, 0.2) is 0 Å². The van der Waals surface area contributed by atoms with Gasteiger partial charge in [0.05, 0.1) is 0 Å². The van der Waals surface area contributed by atoms with Gasteiger partial charge in [0.1, 0.15) is 0 Å².